The topological polar surface area (TPSA) is 172 Å². The summed E-state index contributed by atoms with van der Waals surface area (Å²) in [6.07, 6.45) is 0. The SMILES string of the molecule is [Li+].[O]=[Nb](=[O])[O-].[O]=[Nb](=[O])[O-].[O]=[Nb](=[O])[O-].[Zn+2]. The molecule has 9 nitrogen and oxygen atoms in total. The summed E-state index contributed by atoms with van der Waals surface area (Å²) in [6, 6.07) is 0. The van der Waals surface area contributed by atoms with Crippen molar-refractivity contribution < 1.29 is 125 Å². The van der Waals surface area contributed by atoms with Crippen LogP contribution in [0.2, 0.25) is 0 Å². The van der Waals surface area contributed by atoms with Crippen molar-refractivity contribution in [1.29, 1.82) is 0 Å². The molecule has 0 saturated carbocycles. The number of hydrogen-bond acceptors (Lipinski definition) is 9. The molecule has 0 heterocycles. The van der Waals surface area contributed by atoms with Gasteiger partial charge in [0.1, 0.15) is 0 Å². The van der Waals surface area contributed by atoms with Gasteiger partial charge in [0.2, 0.25) is 0 Å². The molecule has 0 bridgehead atoms. The molecule has 0 radical (unpaired) electrons. The van der Waals surface area contributed by atoms with E-state index in [-0.39, 0.29) is 38.3 Å². The van der Waals surface area contributed by atoms with E-state index < -0.39 is 56.4 Å². The molecule has 0 atom stereocenters. The van der Waals surface area contributed by atoms with Crippen molar-refractivity contribution >= 4 is 0 Å². The molecule has 0 fully saturated rings. The van der Waals surface area contributed by atoms with E-state index in [1.807, 2.05) is 0 Å². The minimum absolute atomic E-state index is 0. The third kappa shape index (κ3) is 540. The Morgan fingerprint density at radius 1 is 0.571 bits per heavy atom. The Morgan fingerprint density at radius 2 is 0.571 bits per heavy atom. The van der Waals surface area contributed by atoms with Gasteiger partial charge in [-0.2, -0.15) is 0 Å². The van der Waals surface area contributed by atoms with E-state index in [0.717, 1.165) is 0 Å². The van der Waals surface area contributed by atoms with Gasteiger partial charge in [-0.25, -0.2) is 0 Å². The third-order valence-corrected chi connectivity index (χ3v) is 0. The summed E-state index contributed by atoms with van der Waals surface area (Å²) in [5.41, 5.74) is 0. The Bertz CT molecular complexity index is 213. The summed E-state index contributed by atoms with van der Waals surface area (Å²) >= 11 is -12.6. The first-order chi connectivity index (χ1) is 5.20. The minimum Gasteiger partial charge on any atom is 2.00 e. The molecule has 0 aromatic heterocycles. The van der Waals surface area contributed by atoms with Crippen LogP contribution in [0.25, 0.3) is 0 Å². The van der Waals surface area contributed by atoms with Gasteiger partial charge < -0.3 is 0 Å². The zero-order chi connectivity index (χ0) is 10.7. The molecule has 0 aliphatic carbocycles. The van der Waals surface area contributed by atoms with E-state index in [2.05, 4.69) is 0 Å². The molecule has 14 heavy (non-hydrogen) atoms. The van der Waals surface area contributed by atoms with Gasteiger partial charge in [0, 0.05) is 0 Å². The van der Waals surface area contributed by atoms with Gasteiger partial charge in [-0.3, -0.25) is 0 Å². The van der Waals surface area contributed by atoms with Gasteiger partial charge in [0.25, 0.3) is 0 Å². The molecule has 0 unspecified atom stereocenters. The molecule has 0 amide bonds. The quantitative estimate of drug-likeness (QED) is 0.296. The van der Waals surface area contributed by atoms with Crippen molar-refractivity contribution in [2.24, 2.45) is 0 Å². The molecular weight excluding hydrogens is 495 g/mol. The molecule has 0 spiro atoms. The molecule has 0 aromatic rings. The van der Waals surface area contributed by atoms with Crippen molar-refractivity contribution in [3.8, 4) is 0 Å². The maximum Gasteiger partial charge on any atom is 2.00 e. The molecule has 0 rings (SSSR count). The van der Waals surface area contributed by atoms with E-state index in [1.54, 1.807) is 0 Å². The van der Waals surface area contributed by atoms with Crippen LogP contribution in [0, 0.1) is 0 Å². The third-order valence-electron chi connectivity index (χ3n) is 0. The van der Waals surface area contributed by atoms with Crippen LogP contribution in [-0.4, -0.2) is 0 Å². The fourth-order valence-corrected chi connectivity index (χ4v) is 0. The van der Waals surface area contributed by atoms with Crippen LogP contribution in [0.4, 0.5) is 0 Å². The Kier molecular flexibility index (Phi) is 51.9. The van der Waals surface area contributed by atoms with E-state index in [9.17, 15) is 0 Å². The first-order valence-electron chi connectivity index (χ1n) is 1.64. The molecule has 0 saturated heterocycles. The molecule has 0 aliphatic heterocycles. The second-order valence-electron chi connectivity index (χ2n) is 0.671. The molecule has 72 valence electrons. The maximum absolute atomic E-state index is 8.60. The summed E-state index contributed by atoms with van der Waals surface area (Å²) in [5.74, 6) is 0. The first kappa shape index (κ1) is 29.8. The van der Waals surface area contributed by atoms with Crippen molar-refractivity contribution in [2.45, 2.75) is 0 Å². The maximum atomic E-state index is 8.60. The van der Waals surface area contributed by atoms with Gasteiger partial charge in [-0.05, 0) is 0 Å². The summed E-state index contributed by atoms with van der Waals surface area (Å²) < 4.78 is 77.4. The Balaban J connectivity index is -0.0000000270. The largest absolute Gasteiger partial charge is 2.00 e. The fourth-order valence-electron chi connectivity index (χ4n) is 0. The second kappa shape index (κ2) is 24.4. The summed E-state index contributed by atoms with van der Waals surface area (Å²) in [6.45, 7) is 0. The van der Waals surface area contributed by atoms with Crippen LogP contribution in [0.15, 0.2) is 0 Å². The number of rotatable bonds is 0. The zero-order valence-electron chi connectivity index (χ0n) is 6.72. The van der Waals surface area contributed by atoms with E-state index >= 15 is 0 Å². The Labute approximate surface area is 123 Å². The zero-order valence-corrected chi connectivity index (χ0v) is 16.3. The second-order valence-corrected chi connectivity index (χ2v) is 3.97. The molecule has 0 N–H and O–H groups in total. The van der Waals surface area contributed by atoms with Crippen LogP contribution in [0.5, 0.6) is 0 Å². The predicted octanol–water partition coefficient (Wildman–Crippen LogP) is -7.29. The van der Waals surface area contributed by atoms with Crippen molar-refractivity contribution in [1.82, 2.24) is 0 Å². The summed E-state index contributed by atoms with van der Waals surface area (Å²) in [4.78, 5) is 0. The van der Waals surface area contributed by atoms with Gasteiger partial charge in [0.15, 0.2) is 0 Å². The van der Waals surface area contributed by atoms with Crippen LogP contribution in [0.3, 0.4) is 0 Å². The molecule has 0 aliphatic rings. The van der Waals surface area contributed by atoms with Gasteiger partial charge in [0.05, 0.1) is 0 Å². The van der Waals surface area contributed by atoms with Gasteiger partial charge in [-0.1, -0.05) is 0 Å². The minimum atomic E-state index is -4.20. The Hall–Kier alpha value is 2.12. The molecule has 0 aromatic carbocycles. The van der Waals surface area contributed by atoms with Crippen LogP contribution < -0.4 is 29.7 Å². The van der Waals surface area contributed by atoms with E-state index in [4.69, 9.17) is 30.3 Å². The fraction of sp³-hybridized carbons (Fsp3) is 0. The monoisotopic (exact) mass is 494 g/mol. The average Bonchev–Trinajstić information content (AvgIpc) is 1.54. The van der Waals surface area contributed by atoms with Crippen molar-refractivity contribution in [3.05, 3.63) is 0 Å². The van der Waals surface area contributed by atoms with Crippen LogP contribution in [-0.2, 0) is 95.3 Å². The van der Waals surface area contributed by atoms with Crippen LogP contribution >= 0.6 is 0 Å². The predicted molar refractivity (Wildman–Crippen MR) is 4.12 cm³/mol. The Morgan fingerprint density at radius 3 is 0.571 bits per heavy atom. The molecular formula is LiNb3O9Zn. The average molecular weight is 495 g/mol. The van der Waals surface area contributed by atoms with Gasteiger partial charge >= 0.3 is 125 Å². The van der Waals surface area contributed by atoms with Gasteiger partial charge in [-0.15, -0.1) is 0 Å². The smallest absolute Gasteiger partial charge is 2.00 e. The first-order valence-corrected chi connectivity index (χ1v) is 9.72. The molecule has 14 heteroatoms. The van der Waals surface area contributed by atoms with E-state index in [1.165, 1.54) is 0 Å². The van der Waals surface area contributed by atoms with Crippen molar-refractivity contribution in [2.75, 3.05) is 0 Å². The summed E-state index contributed by atoms with van der Waals surface area (Å²) in [7, 11) is 0. The summed E-state index contributed by atoms with van der Waals surface area (Å²) in [5, 5.41) is 0. The number of hydrogen-bond donors (Lipinski definition) is 0. The standard InChI is InChI=1S/Li.3Nb.9O.Zn/q+1;;;;;;;;;;3*-1;+2. The normalized spacial score (nSPS) is 5.36. The van der Waals surface area contributed by atoms with Crippen molar-refractivity contribution in [3.63, 3.8) is 0 Å². The van der Waals surface area contributed by atoms with E-state index in [0.29, 0.717) is 0 Å². The van der Waals surface area contributed by atoms with Crippen LogP contribution in [0.1, 0.15) is 0 Å².